The van der Waals surface area contributed by atoms with Crippen LogP contribution >= 0.6 is 36.4 Å². The number of aromatic nitrogens is 1. The topological polar surface area (TPSA) is 67.2 Å². The van der Waals surface area contributed by atoms with Crippen molar-refractivity contribution in [3.63, 3.8) is 0 Å². The van der Waals surface area contributed by atoms with Gasteiger partial charge in [0.1, 0.15) is 0 Å². The molecule has 2 N–H and O–H groups in total. The molecule has 1 saturated heterocycles. The number of halogens is 3. The van der Waals surface area contributed by atoms with Crippen molar-refractivity contribution in [3.8, 4) is 11.3 Å². The summed E-state index contributed by atoms with van der Waals surface area (Å²) in [6.45, 7) is 2.91. The van der Waals surface area contributed by atoms with E-state index >= 15 is 0 Å². The maximum absolute atomic E-state index is 11.9. The minimum absolute atomic E-state index is 0. The molecule has 2 aromatic rings. The van der Waals surface area contributed by atoms with Crippen molar-refractivity contribution in [1.82, 2.24) is 15.6 Å². The molecule has 0 aliphatic carbocycles. The standard InChI is InChI=1S/C18H22ClN3O2.2ClH/c19-15-3-1-14(2-4-15)16-12-22-18(24-16)6-5-17(23)21-10-8-13-7-9-20-11-13;;/h1-4,12-13,20H,5-11H2,(H,21,23);2*1H. The summed E-state index contributed by atoms with van der Waals surface area (Å²) in [5.74, 6) is 2.01. The normalized spacial score (nSPS) is 15.8. The molecule has 0 radical (unpaired) electrons. The van der Waals surface area contributed by atoms with Crippen LogP contribution in [0.3, 0.4) is 0 Å². The first-order chi connectivity index (χ1) is 11.7. The molecule has 0 saturated carbocycles. The van der Waals surface area contributed by atoms with Gasteiger partial charge in [-0.15, -0.1) is 24.8 Å². The Kier molecular flexibility index (Phi) is 10.0. The minimum atomic E-state index is 0. The van der Waals surface area contributed by atoms with E-state index in [1.807, 2.05) is 24.3 Å². The van der Waals surface area contributed by atoms with E-state index in [2.05, 4.69) is 15.6 Å². The van der Waals surface area contributed by atoms with E-state index in [9.17, 15) is 4.79 Å². The Bertz CT molecular complexity index is 671. The number of rotatable bonds is 7. The van der Waals surface area contributed by atoms with Gasteiger partial charge in [-0.05, 0) is 56.1 Å². The molecule has 1 amide bonds. The Hall–Kier alpha value is -1.27. The van der Waals surface area contributed by atoms with Gasteiger partial charge in [0.2, 0.25) is 5.91 Å². The molecule has 3 rings (SSSR count). The van der Waals surface area contributed by atoms with Crippen LogP contribution in [0.1, 0.15) is 25.2 Å². The van der Waals surface area contributed by atoms with Crippen LogP contribution in [-0.2, 0) is 11.2 Å². The van der Waals surface area contributed by atoms with Crippen molar-refractivity contribution in [2.75, 3.05) is 19.6 Å². The number of aryl methyl sites for hydroxylation is 1. The van der Waals surface area contributed by atoms with Gasteiger partial charge in [-0.2, -0.15) is 0 Å². The molecule has 1 fully saturated rings. The number of nitrogens with zero attached hydrogens (tertiary/aromatic N) is 1. The summed E-state index contributed by atoms with van der Waals surface area (Å²) in [6.07, 6.45) is 4.83. The highest BCUT2D eigenvalue weighted by atomic mass is 35.5. The van der Waals surface area contributed by atoms with Crippen LogP contribution in [0.25, 0.3) is 11.3 Å². The van der Waals surface area contributed by atoms with Gasteiger partial charge in [-0.3, -0.25) is 4.79 Å². The van der Waals surface area contributed by atoms with Crippen molar-refractivity contribution in [2.24, 2.45) is 5.92 Å². The Morgan fingerprint density at radius 1 is 1.31 bits per heavy atom. The number of carbonyl (C=O) groups is 1. The molecule has 1 atom stereocenters. The third-order valence-corrected chi connectivity index (χ3v) is 4.54. The van der Waals surface area contributed by atoms with E-state index in [0.29, 0.717) is 35.4 Å². The molecule has 1 aromatic heterocycles. The fraction of sp³-hybridized carbons (Fsp3) is 0.444. The van der Waals surface area contributed by atoms with Gasteiger partial charge in [-0.1, -0.05) is 11.6 Å². The van der Waals surface area contributed by atoms with Crippen molar-refractivity contribution in [3.05, 3.63) is 41.4 Å². The van der Waals surface area contributed by atoms with Gasteiger partial charge in [-0.25, -0.2) is 4.98 Å². The average Bonchev–Trinajstić information content (AvgIpc) is 3.25. The zero-order valence-electron chi connectivity index (χ0n) is 14.4. The number of benzene rings is 1. The predicted molar refractivity (Wildman–Crippen MR) is 108 cm³/mol. The first kappa shape index (κ1) is 22.8. The van der Waals surface area contributed by atoms with Crippen LogP contribution in [-0.4, -0.2) is 30.5 Å². The van der Waals surface area contributed by atoms with Gasteiger partial charge >= 0.3 is 0 Å². The second-order valence-electron chi connectivity index (χ2n) is 6.12. The largest absolute Gasteiger partial charge is 0.441 e. The molecule has 2 heterocycles. The monoisotopic (exact) mass is 419 g/mol. The van der Waals surface area contributed by atoms with E-state index in [1.165, 1.54) is 6.42 Å². The smallest absolute Gasteiger partial charge is 0.220 e. The number of amides is 1. The number of nitrogens with one attached hydrogen (secondary N) is 2. The van der Waals surface area contributed by atoms with Crippen LogP contribution in [0.5, 0.6) is 0 Å². The van der Waals surface area contributed by atoms with Crippen LogP contribution in [0.4, 0.5) is 0 Å². The van der Waals surface area contributed by atoms with Crippen LogP contribution in [0.15, 0.2) is 34.9 Å². The lowest BCUT2D eigenvalue weighted by Gasteiger charge is -2.08. The summed E-state index contributed by atoms with van der Waals surface area (Å²) < 4.78 is 5.70. The molecule has 1 unspecified atom stereocenters. The number of hydrogen-bond acceptors (Lipinski definition) is 4. The summed E-state index contributed by atoms with van der Waals surface area (Å²) >= 11 is 5.88. The number of hydrogen-bond donors (Lipinski definition) is 2. The molecule has 26 heavy (non-hydrogen) atoms. The highest BCUT2D eigenvalue weighted by Crippen LogP contribution is 2.22. The molecule has 1 aromatic carbocycles. The van der Waals surface area contributed by atoms with E-state index < -0.39 is 0 Å². The lowest BCUT2D eigenvalue weighted by molar-refractivity contribution is -0.121. The Morgan fingerprint density at radius 3 is 2.77 bits per heavy atom. The highest BCUT2D eigenvalue weighted by molar-refractivity contribution is 6.30. The third-order valence-electron chi connectivity index (χ3n) is 4.29. The van der Waals surface area contributed by atoms with Gasteiger partial charge in [0.15, 0.2) is 11.7 Å². The average molecular weight is 421 g/mol. The zero-order chi connectivity index (χ0) is 16.8. The van der Waals surface area contributed by atoms with Crippen LogP contribution in [0.2, 0.25) is 5.02 Å². The molecule has 1 aliphatic heterocycles. The Balaban J connectivity index is 0.00000169. The summed E-state index contributed by atoms with van der Waals surface area (Å²) in [4.78, 5) is 16.1. The van der Waals surface area contributed by atoms with Gasteiger partial charge in [0, 0.05) is 30.0 Å². The minimum Gasteiger partial charge on any atom is -0.441 e. The molecular weight excluding hydrogens is 397 g/mol. The van der Waals surface area contributed by atoms with Crippen molar-refractivity contribution >= 4 is 42.3 Å². The second-order valence-corrected chi connectivity index (χ2v) is 6.56. The van der Waals surface area contributed by atoms with Crippen molar-refractivity contribution < 1.29 is 9.21 Å². The molecular formula is C18H24Cl3N3O2. The molecule has 0 bridgehead atoms. The highest BCUT2D eigenvalue weighted by Gasteiger charge is 2.14. The fourth-order valence-electron chi connectivity index (χ4n) is 2.86. The first-order valence-electron chi connectivity index (χ1n) is 8.39. The lowest BCUT2D eigenvalue weighted by Crippen LogP contribution is -2.26. The quantitative estimate of drug-likeness (QED) is 0.713. The van der Waals surface area contributed by atoms with Crippen LogP contribution < -0.4 is 10.6 Å². The SMILES string of the molecule is Cl.Cl.O=C(CCc1ncc(-c2ccc(Cl)cc2)o1)NCCC1CCNC1. The summed E-state index contributed by atoms with van der Waals surface area (Å²) in [7, 11) is 0. The maximum atomic E-state index is 11.9. The van der Waals surface area contributed by atoms with Crippen LogP contribution in [0, 0.1) is 5.92 Å². The van der Waals surface area contributed by atoms with E-state index in [1.54, 1.807) is 6.20 Å². The van der Waals surface area contributed by atoms with Gasteiger partial charge in [0.25, 0.3) is 0 Å². The second kappa shape index (κ2) is 11.4. The lowest BCUT2D eigenvalue weighted by atomic mass is 10.1. The predicted octanol–water partition coefficient (Wildman–Crippen LogP) is 3.89. The van der Waals surface area contributed by atoms with Gasteiger partial charge in [0.05, 0.1) is 6.20 Å². The molecule has 0 spiro atoms. The molecule has 8 heteroatoms. The van der Waals surface area contributed by atoms with E-state index in [-0.39, 0.29) is 30.7 Å². The van der Waals surface area contributed by atoms with E-state index in [4.69, 9.17) is 16.0 Å². The number of oxazole rings is 1. The van der Waals surface area contributed by atoms with E-state index in [0.717, 1.165) is 31.6 Å². The Labute approximate surface area is 171 Å². The molecule has 1 aliphatic rings. The summed E-state index contributed by atoms with van der Waals surface area (Å²) in [5, 5.41) is 6.99. The summed E-state index contributed by atoms with van der Waals surface area (Å²) in [5.41, 5.74) is 0.924. The van der Waals surface area contributed by atoms with Gasteiger partial charge < -0.3 is 15.1 Å². The molecule has 5 nitrogen and oxygen atoms in total. The third kappa shape index (κ3) is 6.80. The van der Waals surface area contributed by atoms with Crippen molar-refractivity contribution in [2.45, 2.75) is 25.7 Å². The Morgan fingerprint density at radius 2 is 2.08 bits per heavy atom. The summed E-state index contributed by atoms with van der Waals surface area (Å²) in [6, 6.07) is 7.40. The maximum Gasteiger partial charge on any atom is 0.220 e. The molecule has 144 valence electrons. The fourth-order valence-corrected chi connectivity index (χ4v) is 2.98. The first-order valence-corrected chi connectivity index (χ1v) is 8.76. The zero-order valence-corrected chi connectivity index (χ0v) is 16.8. The van der Waals surface area contributed by atoms with Crippen molar-refractivity contribution in [1.29, 1.82) is 0 Å². The number of carbonyl (C=O) groups excluding carboxylic acids is 1.